The zero-order valence-electron chi connectivity index (χ0n) is 11.3. The second-order valence-electron chi connectivity index (χ2n) is 4.36. The summed E-state index contributed by atoms with van der Waals surface area (Å²) in [5.41, 5.74) is 6.56. The van der Waals surface area contributed by atoms with Gasteiger partial charge in [-0.25, -0.2) is 4.98 Å². The summed E-state index contributed by atoms with van der Waals surface area (Å²) in [6.45, 7) is 4.00. The normalized spacial score (nSPS) is 10.9. The lowest BCUT2D eigenvalue weighted by molar-refractivity contribution is 0.463. The maximum absolute atomic E-state index is 5.87. The molecule has 3 rings (SSSR count). The van der Waals surface area contributed by atoms with Crippen molar-refractivity contribution in [2.75, 3.05) is 5.73 Å². The SMILES string of the molecule is CCc1cc2c(Oc3cccnc3C)nc(N)nc2s1. The van der Waals surface area contributed by atoms with E-state index in [2.05, 4.69) is 27.9 Å². The van der Waals surface area contributed by atoms with E-state index in [4.69, 9.17) is 10.5 Å². The average Bonchev–Trinajstić information content (AvgIpc) is 2.84. The third-order valence-corrected chi connectivity index (χ3v) is 4.11. The molecule has 3 aromatic rings. The third-order valence-electron chi connectivity index (χ3n) is 2.94. The highest BCUT2D eigenvalue weighted by molar-refractivity contribution is 7.18. The van der Waals surface area contributed by atoms with E-state index < -0.39 is 0 Å². The molecule has 0 unspecified atom stereocenters. The zero-order chi connectivity index (χ0) is 14.1. The van der Waals surface area contributed by atoms with Gasteiger partial charge in [0, 0.05) is 11.1 Å². The van der Waals surface area contributed by atoms with Crippen LogP contribution >= 0.6 is 11.3 Å². The Morgan fingerprint density at radius 2 is 2.20 bits per heavy atom. The summed E-state index contributed by atoms with van der Waals surface area (Å²) >= 11 is 1.61. The van der Waals surface area contributed by atoms with E-state index in [0.29, 0.717) is 11.6 Å². The summed E-state index contributed by atoms with van der Waals surface area (Å²) in [5.74, 6) is 1.38. The van der Waals surface area contributed by atoms with Gasteiger partial charge in [0.25, 0.3) is 0 Å². The van der Waals surface area contributed by atoms with Crippen LogP contribution in [0.25, 0.3) is 10.2 Å². The smallest absolute Gasteiger partial charge is 0.232 e. The minimum atomic E-state index is 0.221. The molecular weight excluding hydrogens is 272 g/mol. The highest BCUT2D eigenvalue weighted by Crippen LogP contribution is 2.34. The van der Waals surface area contributed by atoms with Crippen LogP contribution in [0.3, 0.4) is 0 Å². The summed E-state index contributed by atoms with van der Waals surface area (Å²) in [6.07, 6.45) is 2.68. The minimum absolute atomic E-state index is 0.221. The molecule has 0 aliphatic heterocycles. The van der Waals surface area contributed by atoms with Crippen molar-refractivity contribution >= 4 is 27.5 Å². The number of pyridine rings is 1. The molecule has 0 radical (unpaired) electrons. The average molecular weight is 286 g/mol. The Balaban J connectivity index is 2.11. The van der Waals surface area contributed by atoms with Crippen LogP contribution in [0.2, 0.25) is 0 Å². The molecule has 0 saturated heterocycles. The second-order valence-corrected chi connectivity index (χ2v) is 5.48. The number of hydrogen-bond donors (Lipinski definition) is 1. The van der Waals surface area contributed by atoms with E-state index in [1.165, 1.54) is 4.88 Å². The van der Waals surface area contributed by atoms with E-state index >= 15 is 0 Å². The summed E-state index contributed by atoms with van der Waals surface area (Å²) in [6, 6.07) is 5.75. The van der Waals surface area contributed by atoms with Gasteiger partial charge in [0.2, 0.25) is 11.8 Å². The van der Waals surface area contributed by atoms with Crippen LogP contribution in [-0.4, -0.2) is 15.0 Å². The maximum Gasteiger partial charge on any atom is 0.232 e. The number of ether oxygens (including phenoxy) is 1. The van der Waals surface area contributed by atoms with Gasteiger partial charge in [-0.2, -0.15) is 4.98 Å². The Morgan fingerprint density at radius 1 is 1.35 bits per heavy atom. The topological polar surface area (TPSA) is 73.9 Å². The molecule has 0 aromatic carbocycles. The number of nitrogen functional groups attached to an aromatic ring is 1. The maximum atomic E-state index is 5.87. The molecule has 0 spiro atoms. The Kier molecular flexibility index (Phi) is 3.23. The van der Waals surface area contributed by atoms with Gasteiger partial charge in [-0.05, 0) is 31.5 Å². The molecule has 0 aliphatic carbocycles. The fourth-order valence-electron chi connectivity index (χ4n) is 1.89. The molecule has 0 aliphatic rings. The van der Waals surface area contributed by atoms with Gasteiger partial charge in [-0.15, -0.1) is 11.3 Å². The summed E-state index contributed by atoms with van der Waals surface area (Å²) in [4.78, 5) is 14.8. The zero-order valence-corrected chi connectivity index (χ0v) is 12.1. The number of nitrogens with two attached hydrogens (primary N) is 1. The number of thiophene rings is 1. The molecule has 20 heavy (non-hydrogen) atoms. The van der Waals surface area contributed by atoms with Crippen molar-refractivity contribution in [2.45, 2.75) is 20.3 Å². The van der Waals surface area contributed by atoms with Gasteiger partial charge in [0.1, 0.15) is 4.83 Å². The fraction of sp³-hybridized carbons (Fsp3) is 0.214. The molecule has 0 saturated carbocycles. The highest BCUT2D eigenvalue weighted by Gasteiger charge is 2.13. The molecular formula is C14H14N4OS. The lowest BCUT2D eigenvalue weighted by atomic mass is 10.3. The number of fused-ring (bicyclic) bond motifs is 1. The van der Waals surface area contributed by atoms with E-state index in [9.17, 15) is 0 Å². The number of hydrogen-bond acceptors (Lipinski definition) is 6. The molecule has 2 N–H and O–H groups in total. The number of aryl methyl sites for hydroxylation is 2. The third kappa shape index (κ3) is 2.30. The lowest BCUT2D eigenvalue weighted by Gasteiger charge is -2.07. The van der Waals surface area contributed by atoms with Gasteiger partial charge in [-0.1, -0.05) is 6.92 Å². The minimum Gasteiger partial charge on any atom is -0.436 e. The number of nitrogens with zero attached hydrogens (tertiary/aromatic N) is 3. The molecule has 0 fully saturated rings. The van der Waals surface area contributed by atoms with Crippen LogP contribution in [0.15, 0.2) is 24.4 Å². The van der Waals surface area contributed by atoms with Crippen molar-refractivity contribution in [3.8, 4) is 11.6 Å². The number of aromatic nitrogens is 3. The summed E-state index contributed by atoms with van der Waals surface area (Å²) in [5, 5.41) is 0.893. The molecule has 0 amide bonds. The van der Waals surface area contributed by atoms with Crippen molar-refractivity contribution in [2.24, 2.45) is 0 Å². The van der Waals surface area contributed by atoms with Gasteiger partial charge in [0.05, 0.1) is 11.1 Å². The lowest BCUT2D eigenvalue weighted by Crippen LogP contribution is -1.98. The van der Waals surface area contributed by atoms with Crippen molar-refractivity contribution in [1.29, 1.82) is 0 Å². The van der Waals surface area contributed by atoms with Crippen LogP contribution in [-0.2, 0) is 6.42 Å². The predicted molar refractivity (Wildman–Crippen MR) is 80.3 cm³/mol. The number of rotatable bonds is 3. The standard InChI is InChI=1S/C14H14N4OS/c1-3-9-7-10-12(17-14(15)18-13(10)20-9)19-11-5-4-6-16-8(11)2/h4-7H,3H2,1-2H3,(H2,15,17,18). The van der Waals surface area contributed by atoms with E-state index in [0.717, 1.165) is 22.3 Å². The molecule has 0 atom stereocenters. The highest BCUT2D eigenvalue weighted by atomic mass is 32.1. The monoisotopic (exact) mass is 286 g/mol. The summed E-state index contributed by atoms with van der Waals surface area (Å²) < 4.78 is 5.87. The Hall–Kier alpha value is -2.21. The van der Waals surface area contributed by atoms with Crippen molar-refractivity contribution < 1.29 is 4.74 Å². The molecule has 0 bridgehead atoms. The largest absolute Gasteiger partial charge is 0.436 e. The predicted octanol–water partition coefficient (Wildman–Crippen LogP) is 3.33. The van der Waals surface area contributed by atoms with E-state index in [1.54, 1.807) is 17.5 Å². The Bertz CT molecular complexity index is 769. The summed E-state index contributed by atoms with van der Waals surface area (Å²) in [7, 11) is 0. The first kappa shape index (κ1) is 12.8. The van der Waals surface area contributed by atoms with Crippen LogP contribution in [0.5, 0.6) is 11.6 Å². The Labute approximate surface area is 120 Å². The van der Waals surface area contributed by atoms with Crippen LogP contribution in [0.1, 0.15) is 17.5 Å². The van der Waals surface area contributed by atoms with Gasteiger partial charge in [0.15, 0.2) is 5.75 Å². The quantitative estimate of drug-likeness (QED) is 0.799. The Morgan fingerprint density at radius 3 is 2.95 bits per heavy atom. The molecule has 6 heteroatoms. The molecule has 5 nitrogen and oxygen atoms in total. The van der Waals surface area contributed by atoms with Crippen LogP contribution in [0, 0.1) is 6.92 Å². The van der Waals surface area contributed by atoms with Gasteiger partial charge >= 0.3 is 0 Å². The first-order valence-corrected chi connectivity index (χ1v) is 7.14. The van der Waals surface area contributed by atoms with E-state index in [1.807, 2.05) is 19.1 Å². The van der Waals surface area contributed by atoms with Crippen LogP contribution < -0.4 is 10.5 Å². The van der Waals surface area contributed by atoms with Crippen molar-refractivity contribution in [1.82, 2.24) is 15.0 Å². The van der Waals surface area contributed by atoms with Crippen molar-refractivity contribution in [3.63, 3.8) is 0 Å². The molecule has 3 heterocycles. The fourth-order valence-corrected chi connectivity index (χ4v) is 2.86. The first-order valence-electron chi connectivity index (χ1n) is 6.32. The van der Waals surface area contributed by atoms with Gasteiger partial charge in [-0.3, -0.25) is 4.98 Å². The number of anilines is 1. The van der Waals surface area contributed by atoms with Crippen molar-refractivity contribution in [3.05, 3.63) is 35.0 Å². The molecule has 3 aromatic heterocycles. The van der Waals surface area contributed by atoms with Crippen LogP contribution in [0.4, 0.5) is 5.95 Å². The second kappa shape index (κ2) is 5.05. The first-order chi connectivity index (χ1) is 9.67. The molecule has 102 valence electrons. The van der Waals surface area contributed by atoms with E-state index in [-0.39, 0.29) is 5.95 Å². The van der Waals surface area contributed by atoms with Gasteiger partial charge < -0.3 is 10.5 Å².